The zero-order valence-electron chi connectivity index (χ0n) is 8.35. The maximum absolute atomic E-state index is 4.40. The van der Waals surface area contributed by atoms with Crippen molar-refractivity contribution in [2.75, 3.05) is 0 Å². The van der Waals surface area contributed by atoms with E-state index in [1.807, 2.05) is 12.1 Å². The van der Waals surface area contributed by atoms with Gasteiger partial charge in [-0.3, -0.25) is 0 Å². The van der Waals surface area contributed by atoms with Gasteiger partial charge in [-0.25, -0.2) is 4.52 Å². The minimum atomic E-state index is 0.809. The fraction of sp³-hybridized carbons (Fsp3) is 0.500. The molecule has 2 aromatic heterocycles. The first-order valence-corrected chi connectivity index (χ1v) is 5.06. The summed E-state index contributed by atoms with van der Waals surface area (Å²) in [5, 5.41) is 12.1. The molecule has 0 saturated heterocycles. The number of fused-ring (bicyclic) bond motifs is 1. The van der Waals surface area contributed by atoms with Gasteiger partial charge in [-0.05, 0) is 25.0 Å². The molecule has 4 nitrogen and oxygen atoms in total. The summed E-state index contributed by atoms with van der Waals surface area (Å²) >= 11 is 0. The number of hydrogen-bond donors (Lipinski definition) is 0. The largest absolute Gasteiger partial charge is 0.200 e. The Bertz CT molecular complexity index is 407. The Balaban J connectivity index is 2.10. The van der Waals surface area contributed by atoms with E-state index in [9.17, 15) is 0 Å². The molecule has 74 valence electrons. The van der Waals surface area contributed by atoms with Gasteiger partial charge < -0.3 is 0 Å². The number of aryl methyl sites for hydroxylation is 1. The molecule has 0 spiro atoms. The SMILES string of the molecule is CCCCCc1ccc2nncn2n1. The van der Waals surface area contributed by atoms with Crippen LogP contribution in [0.3, 0.4) is 0 Å². The van der Waals surface area contributed by atoms with Gasteiger partial charge in [0.2, 0.25) is 0 Å². The molecule has 0 bridgehead atoms. The fourth-order valence-electron chi connectivity index (χ4n) is 1.46. The van der Waals surface area contributed by atoms with Gasteiger partial charge in [-0.2, -0.15) is 5.10 Å². The lowest BCUT2D eigenvalue weighted by atomic mass is 10.1. The lowest BCUT2D eigenvalue weighted by Crippen LogP contribution is -1.97. The smallest absolute Gasteiger partial charge is 0.177 e. The third-order valence-corrected chi connectivity index (χ3v) is 2.25. The number of nitrogens with zero attached hydrogens (tertiary/aromatic N) is 4. The van der Waals surface area contributed by atoms with Crippen LogP contribution < -0.4 is 0 Å². The molecule has 0 aliphatic heterocycles. The van der Waals surface area contributed by atoms with E-state index in [-0.39, 0.29) is 0 Å². The molecule has 0 radical (unpaired) electrons. The Morgan fingerprint density at radius 2 is 2.21 bits per heavy atom. The van der Waals surface area contributed by atoms with Gasteiger partial charge in [-0.1, -0.05) is 19.8 Å². The zero-order valence-corrected chi connectivity index (χ0v) is 8.35. The molecule has 0 saturated carbocycles. The minimum Gasteiger partial charge on any atom is -0.200 e. The Morgan fingerprint density at radius 3 is 3.07 bits per heavy atom. The number of rotatable bonds is 4. The maximum Gasteiger partial charge on any atom is 0.177 e. The van der Waals surface area contributed by atoms with E-state index in [0.717, 1.165) is 17.8 Å². The molecule has 0 unspecified atom stereocenters. The van der Waals surface area contributed by atoms with Crippen LogP contribution in [-0.2, 0) is 6.42 Å². The van der Waals surface area contributed by atoms with Gasteiger partial charge >= 0.3 is 0 Å². The molecule has 0 fully saturated rings. The predicted molar refractivity (Wildman–Crippen MR) is 54.0 cm³/mol. The average Bonchev–Trinajstić information content (AvgIpc) is 2.65. The van der Waals surface area contributed by atoms with Crippen LogP contribution >= 0.6 is 0 Å². The van der Waals surface area contributed by atoms with Crippen LogP contribution in [0.25, 0.3) is 5.65 Å². The monoisotopic (exact) mass is 190 g/mol. The lowest BCUT2D eigenvalue weighted by Gasteiger charge is -1.99. The second kappa shape index (κ2) is 4.17. The van der Waals surface area contributed by atoms with Crippen LogP contribution in [0.1, 0.15) is 31.9 Å². The van der Waals surface area contributed by atoms with Crippen LogP contribution in [0.4, 0.5) is 0 Å². The Morgan fingerprint density at radius 1 is 1.29 bits per heavy atom. The van der Waals surface area contributed by atoms with Gasteiger partial charge in [0.15, 0.2) is 5.65 Å². The van der Waals surface area contributed by atoms with Crippen LogP contribution in [0.5, 0.6) is 0 Å². The average molecular weight is 190 g/mol. The molecule has 2 rings (SSSR count). The Kier molecular flexibility index (Phi) is 2.72. The quantitative estimate of drug-likeness (QED) is 0.691. The highest BCUT2D eigenvalue weighted by molar-refractivity contribution is 5.34. The van der Waals surface area contributed by atoms with Crippen molar-refractivity contribution in [3.8, 4) is 0 Å². The van der Waals surface area contributed by atoms with Crippen LogP contribution in [0.15, 0.2) is 18.5 Å². The summed E-state index contributed by atoms with van der Waals surface area (Å²) in [5.41, 5.74) is 1.93. The van der Waals surface area contributed by atoms with Gasteiger partial charge in [0.05, 0.1) is 5.69 Å². The molecule has 0 aliphatic carbocycles. The van der Waals surface area contributed by atoms with Crippen molar-refractivity contribution in [2.24, 2.45) is 0 Å². The van der Waals surface area contributed by atoms with Crippen molar-refractivity contribution in [2.45, 2.75) is 32.6 Å². The highest BCUT2D eigenvalue weighted by Gasteiger charge is 1.98. The van der Waals surface area contributed by atoms with Crippen molar-refractivity contribution < 1.29 is 0 Å². The van der Waals surface area contributed by atoms with Crippen LogP contribution in [0, 0.1) is 0 Å². The van der Waals surface area contributed by atoms with Gasteiger partial charge in [0, 0.05) is 0 Å². The first-order valence-electron chi connectivity index (χ1n) is 5.06. The first-order chi connectivity index (χ1) is 6.90. The van der Waals surface area contributed by atoms with E-state index >= 15 is 0 Å². The van der Waals surface area contributed by atoms with E-state index < -0.39 is 0 Å². The third kappa shape index (κ3) is 1.89. The Labute approximate surface area is 83.0 Å². The van der Waals surface area contributed by atoms with E-state index in [1.54, 1.807) is 10.8 Å². The van der Waals surface area contributed by atoms with Crippen molar-refractivity contribution in [1.29, 1.82) is 0 Å². The van der Waals surface area contributed by atoms with Gasteiger partial charge in [0.25, 0.3) is 0 Å². The fourth-order valence-corrected chi connectivity index (χ4v) is 1.46. The number of hydrogen-bond acceptors (Lipinski definition) is 3. The standard InChI is InChI=1S/C10H14N4/c1-2-3-4-5-9-6-7-10-12-11-8-14(10)13-9/h6-8H,2-5H2,1H3. The van der Waals surface area contributed by atoms with Gasteiger partial charge in [0.1, 0.15) is 6.33 Å². The molecule has 0 N–H and O–H groups in total. The summed E-state index contributed by atoms with van der Waals surface area (Å²) in [6.45, 7) is 2.20. The van der Waals surface area contributed by atoms with E-state index in [2.05, 4.69) is 22.2 Å². The number of unbranched alkanes of at least 4 members (excludes halogenated alkanes) is 2. The van der Waals surface area contributed by atoms with E-state index in [4.69, 9.17) is 0 Å². The minimum absolute atomic E-state index is 0.809. The molecule has 0 aromatic carbocycles. The van der Waals surface area contributed by atoms with Crippen molar-refractivity contribution in [3.05, 3.63) is 24.2 Å². The highest BCUT2D eigenvalue weighted by atomic mass is 15.3. The summed E-state index contributed by atoms with van der Waals surface area (Å²) in [4.78, 5) is 0. The van der Waals surface area contributed by atoms with Gasteiger partial charge in [-0.15, -0.1) is 10.2 Å². The normalized spacial score (nSPS) is 10.9. The topological polar surface area (TPSA) is 43.1 Å². The van der Waals surface area contributed by atoms with Crippen LogP contribution in [-0.4, -0.2) is 19.8 Å². The molecule has 0 atom stereocenters. The highest BCUT2D eigenvalue weighted by Crippen LogP contribution is 2.04. The van der Waals surface area contributed by atoms with Crippen LogP contribution in [0.2, 0.25) is 0 Å². The van der Waals surface area contributed by atoms with E-state index in [1.165, 1.54) is 19.3 Å². The summed E-state index contributed by atoms with van der Waals surface area (Å²) in [6.07, 6.45) is 6.40. The second-order valence-corrected chi connectivity index (χ2v) is 3.42. The maximum atomic E-state index is 4.40. The first kappa shape index (κ1) is 9.12. The lowest BCUT2D eigenvalue weighted by molar-refractivity contribution is 0.694. The summed E-state index contributed by atoms with van der Waals surface area (Å²) < 4.78 is 1.72. The molecule has 4 heteroatoms. The van der Waals surface area contributed by atoms with E-state index in [0.29, 0.717) is 0 Å². The van der Waals surface area contributed by atoms with Crippen molar-refractivity contribution in [3.63, 3.8) is 0 Å². The summed E-state index contributed by atoms with van der Waals surface area (Å²) in [5.74, 6) is 0. The molecule has 2 heterocycles. The molecule has 2 aromatic rings. The molecule has 14 heavy (non-hydrogen) atoms. The van der Waals surface area contributed by atoms with Crippen molar-refractivity contribution >= 4 is 5.65 Å². The van der Waals surface area contributed by atoms with Crippen molar-refractivity contribution in [1.82, 2.24) is 19.8 Å². The summed E-state index contributed by atoms with van der Waals surface area (Å²) in [6, 6.07) is 3.99. The number of aromatic nitrogens is 4. The predicted octanol–water partition coefficient (Wildman–Crippen LogP) is 1.86. The third-order valence-electron chi connectivity index (χ3n) is 2.25. The molecular formula is C10H14N4. The molecule has 0 aliphatic rings. The Hall–Kier alpha value is -1.45. The molecule has 0 amide bonds. The molecular weight excluding hydrogens is 176 g/mol. The zero-order chi connectivity index (χ0) is 9.80. The second-order valence-electron chi connectivity index (χ2n) is 3.42. The summed E-state index contributed by atoms with van der Waals surface area (Å²) in [7, 11) is 0.